The maximum Gasteiger partial charge on any atom is 0.248 e. The molecule has 0 aromatic carbocycles. The van der Waals surface area contributed by atoms with Crippen molar-refractivity contribution >= 4 is 46.6 Å². The Labute approximate surface area is 136 Å². The highest BCUT2D eigenvalue weighted by molar-refractivity contribution is 7.99. The first kappa shape index (κ1) is 16.1. The van der Waals surface area contributed by atoms with Crippen LogP contribution >= 0.6 is 34.7 Å². The van der Waals surface area contributed by atoms with Crippen LogP contribution in [0.1, 0.15) is 16.3 Å². The molecule has 8 heteroatoms. The second kappa shape index (κ2) is 7.63. The molecule has 0 atom stereocenters. The molecule has 1 amide bonds. The minimum Gasteiger partial charge on any atom is -0.272 e. The van der Waals surface area contributed by atoms with E-state index in [-0.39, 0.29) is 5.91 Å². The molecule has 0 aliphatic heterocycles. The van der Waals surface area contributed by atoms with Crippen LogP contribution in [0.3, 0.4) is 0 Å². The highest BCUT2D eigenvalue weighted by Gasteiger charge is 2.05. The van der Waals surface area contributed by atoms with Crippen LogP contribution in [0.15, 0.2) is 18.2 Å². The predicted molar refractivity (Wildman–Crippen MR) is 88.8 cm³/mol. The molecule has 0 fully saturated rings. The lowest BCUT2D eigenvalue weighted by Gasteiger charge is -2.08. The summed E-state index contributed by atoms with van der Waals surface area (Å²) in [5.74, 6) is 1.40. The Morgan fingerprint density at radius 2 is 2.05 bits per heavy atom. The number of aryl methyl sites for hydroxylation is 2. The molecule has 0 radical (unpaired) electrons. The van der Waals surface area contributed by atoms with E-state index in [1.807, 2.05) is 32.0 Å². The molecule has 5 nitrogen and oxygen atoms in total. The summed E-state index contributed by atoms with van der Waals surface area (Å²) in [6.45, 7) is 3.76. The number of nitrogens with zero attached hydrogens (tertiary/aromatic N) is 2. The number of aromatic nitrogens is 2. The maximum atomic E-state index is 11.7. The fourth-order valence-electron chi connectivity index (χ4n) is 1.62. The Hall–Kier alpha value is -1.31. The number of hydrogen-bond acceptors (Lipinski definition) is 6. The van der Waals surface area contributed by atoms with Crippen molar-refractivity contribution in [2.45, 2.75) is 19.6 Å². The lowest BCUT2D eigenvalue weighted by Crippen LogP contribution is -2.31. The first-order chi connectivity index (χ1) is 10.0. The summed E-state index contributed by atoms with van der Waals surface area (Å²) in [6, 6.07) is 5.70. The van der Waals surface area contributed by atoms with Crippen LogP contribution in [-0.2, 0) is 10.5 Å². The molecule has 2 N–H and O–H groups in total. The van der Waals surface area contributed by atoms with Gasteiger partial charge in [0.25, 0.3) is 0 Å². The molecule has 0 bridgehead atoms. The third-order valence-electron chi connectivity index (χ3n) is 2.40. The minimum absolute atomic E-state index is 0.120. The van der Waals surface area contributed by atoms with E-state index < -0.39 is 0 Å². The molecule has 0 aliphatic carbocycles. The highest BCUT2D eigenvalue weighted by atomic mass is 35.5. The summed E-state index contributed by atoms with van der Waals surface area (Å²) in [7, 11) is 0. The number of nitrogens with one attached hydrogen (secondary N) is 2. The number of carbonyl (C=O) groups excluding carboxylic acids is 1. The summed E-state index contributed by atoms with van der Waals surface area (Å²) in [4.78, 5) is 21.2. The highest BCUT2D eigenvalue weighted by Crippen LogP contribution is 2.24. The van der Waals surface area contributed by atoms with E-state index in [1.54, 1.807) is 0 Å². The standard InChI is InChI=1S/C13H15ClN4OS2/c1-8-5-9(2)16-13(15-8)18-17-12(19)7-20-6-10-3-4-11(14)21-10/h3-5H,6-7H2,1-2H3,(H,17,19)(H,15,16,18). The zero-order valence-corrected chi connectivity index (χ0v) is 14.0. The van der Waals surface area contributed by atoms with Gasteiger partial charge in [0.15, 0.2) is 0 Å². The van der Waals surface area contributed by atoms with Gasteiger partial charge < -0.3 is 0 Å². The number of hydrazine groups is 1. The van der Waals surface area contributed by atoms with Gasteiger partial charge in [0.1, 0.15) is 0 Å². The smallest absolute Gasteiger partial charge is 0.248 e. The SMILES string of the molecule is Cc1cc(C)nc(NNC(=O)CSCc2ccc(Cl)s2)n1. The van der Waals surface area contributed by atoms with E-state index in [9.17, 15) is 4.79 Å². The Balaban J connectivity index is 1.72. The number of carbonyl (C=O) groups is 1. The largest absolute Gasteiger partial charge is 0.272 e. The van der Waals surface area contributed by atoms with Crippen LogP contribution in [0.5, 0.6) is 0 Å². The van der Waals surface area contributed by atoms with Gasteiger partial charge in [-0.2, -0.15) is 0 Å². The quantitative estimate of drug-likeness (QED) is 0.789. The summed E-state index contributed by atoms with van der Waals surface area (Å²) < 4.78 is 0.767. The average Bonchev–Trinajstić information content (AvgIpc) is 2.81. The second-order valence-electron chi connectivity index (χ2n) is 4.35. The molecule has 21 heavy (non-hydrogen) atoms. The van der Waals surface area contributed by atoms with Gasteiger partial charge >= 0.3 is 0 Å². The number of halogens is 1. The van der Waals surface area contributed by atoms with Crippen LogP contribution < -0.4 is 10.9 Å². The Morgan fingerprint density at radius 1 is 1.33 bits per heavy atom. The molecule has 2 heterocycles. The van der Waals surface area contributed by atoms with Gasteiger partial charge in [-0.1, -0.05) is 11.6 Å². The van der Waals surface area contributed by atoms with Gasteiger partial charge in [-0.25, -0.2) is 9.97 Å². The molecule has 0 unspecified atom stereocenters. The van der Waals surface area contributed by atoms with Crippen LogP contribution in [-0.4, -0.2) is 21.6 Å². The number of rotatable bonds is 6. The Kier molecular flexibility index (Phi) is 5.84. The second-order valence-corrected chi connectivity index (χ2v) is 7.13. The van der Waals surface area contributed by atoms with Crippen molar-refractivity contribution in [2.24, 2.45) is 0 Å². The van der Waals surface area contributed by atoms with E-state index >= 15 is 0 Å². The topological polar surface area (TPSA) is 66.9 Å². The molecular formula is C13H15ClN4OS2. The van der Waals surface area contributed by atoms with Crippen LogP contribution in [0.4, 0.5) is 5.95 Å². The monoisotopic (exact) mass is 342 g/mol. The van der Waals surface area contributed by atoms with Crippen molar-refractivity contribution in [1.29, 1.82) is 0 Å². The number of amides is 1. The lowest BCUT2D eigenvalue weighted by molar-refractivity contribution is -0.118. The van der Waals surface area contributed by atoms with Crippen molar-refractivity contribution in [3.8, 4) is 0 Å². The van der Waals surface area contributed by atoms with Gasteiger partial charge in [0, 0.05) is 22.0 Å². The van der Waals surface area contributed by atoms with Crippen molar-refractivity contribution in [3.05, 3.63) is 38.8 Å². The lowest BCUT2D eigenvalue weighted by atomic mass is 10.4. The normalized spacial score (nSPS) is 10.4. The molecule has 2 aromatic heterocycles. The Bertz CT molecular complexity index is 612. The van der Waals surface area contributed by atoms with E-state index in [1.165, 1.54) is 23.1 Å². The van der Waals surface area contributed by atoms with E-state index in [0.29, 0.717) is 11.7 Å². The van der Waals surface area contributed by atoms with Crippen LogP contribution in [0, 0.1) is 13.8 Å². The van der Waals surface area contributed by atoms with Gasteiger partial charge in [-0.05, 0) is 32.0 Å². The van der Waals surface area contributed by atoms with Crippen molar-refractivity contribution in [2.75, 3.05) is 11.2 Å². The van der Waals surface area contributed by atoms with E-state index in [0.717, 1.165) is 26.4 Å². The summed E-state index contributed by atoms with van der Waals surface area (Å²) >= 11 is 8.91. The predicted octanol–water partition coefficient (Wildman–Crippen LogP) is 3.18. The summed E-state index contributed by atoms with van der Waals surface area (Å²) in [5.41, 5.74) is 7.01. The van der Waals surface area contributed by atoms with Crippen LogP contribution in [0.2, 0.25) is 4.34 Å². The molecule has 112 valence electrons. The molecule has 0 aliphatic rings. The maximum absolute atomic E-state index is 11.7. The van der Waals surface area contributed by atoms with E-state index in [4.69, 9.17) is 11.6 Å². The molecule has 2 rings (SSSR count). The molecular weight excluding hydrogens is 328 g/mol. The average molecular weight is 343 g/mol. The number of hydrogen-bond donors (Lipinski definition) is 2. The fourth-order valence-corrected chi connectivity index (χ4v) is 3.64. The van der Waals surface area contributed by atoms with Gasteiger partial charge in [0.05, 0.1) is 10.1 Å². The summed E-state index contributed by atoms with van der Waals surface area (Å²) in [5, 5.41) is 0. The first-order valence-electron chi connectivity index (χ1n) is 6.22. The third-order valence-corrected chi connectivity index (χ3v) is 4.80. The number of thiophene rings is 1. The number of anilines is 1. The molecule has 0 saturated carbocycles. The van der Waals surface area contributed by atoms with Gasteiger partial charge in [-0.3, -0.25) is 15.6 Å². The third kappa shape index (κ3) is 5.53. The zero-order valence-electron chi connectivity index (χ0n) is 11.6. The minimum atomic E-state index is -0.120. The molecule has 0 saturated heterocycles. The molecule has 0 spiro atoms. The zero-order chi connectivity index (χ0) is 15.2. The fraction of sp³-hybridized carbons (Fsp3) is 0.308. The first-order valence-corrected chi connectivity index (χ1v) is 8.57. The van der Waals surface area contributed by atoms with E-state index in [2.05, 4.69) is 20.8 Å². The summed E-state index contributed by atoms with van der Waals surface area (Å²) in [6.07, 6.45) is 0. The van der Waals surface area contributed by atoms with Gasteiger partial charge in [-0.15, -0.1) is 23.1 Å². The van der Waals surface area contributed by atoms with Crippen molar-refractivity contribution < 1.29 is 4.79 Å². The molecule has 2 aromatic rings. The van der Waals surface area contributed by atoms with Crippen molar-refractivity contribution in [1.82, 2.24) is 15.4 Å². The number of thioether (sulfide) groups is 1. The Morgan fingerprint density at radius 3 is 2.67 bits per heavy atom. The van der Waals surface area contributed by atoms with Gasteiger partial charge in [0.2, 0.25) is 11.9 Å². The van der Waals surface area contributed by atoms with Crippen LogP contribution in [0.25, 0.3) is 0 Å². The van der Waals surface area contributed by atoms with Crippen molar-refractivity contribution in [3.63, 3.8) is 0 Å².